The van der Waals surface area contributed by atoms with Gasteiger partial charge >= 0.3 is 0 Å². The molecular weight excluding hydrogens is 314 g/mol. The largest absolute Gasteiger partial charge is 0.355 e. The Morgan fingerprint density at radius 2 is 1.70 bits per heavy atom. The van der Waals surface area contributed by atoms with Gasteiger partial charge in [-0.2, -0.15) is 4.31 Å². The van der Waals surface area contributed by atoms with Crippen molar-refractivity contribution in [1.29, 1.82) is 0 Å². The number of sulfonamides is 1. The van der Waals surface area contributed by atoms with E-state index in [1.165, 1.54) is 49.3 Å². The molecule has 0 aliphatic carbocycles. The van der Waals surface area contributed by atoms with E-state index in [9.17, 15) is 13.2 Å². The SMILES string of the molecule is CS(=O)(=O)N1CCCCC1C(=O)NCCCN1CCCCCC1. The predicted octanol–water partition coefficient (Wildman–Crippen LogP) is 1.18. The van der Waals surface area contributed by atoms with Gasteiger partial charge in [0.2, 0.25) is 15.9 Å². The number of nitrogens with one attached hydrogen (secondary N) is 1. The predicted molar refractivity (Wildman–Crippen MR) is 91.7 cm³/mol. The fourth-order valence-corrected chi connectivity index (χ4v) is 4.68. The average molecular weight is 346 g/mol. The number of hydrogen-bond donors (Lipinski definition) is 1. The van der Waals surface area contributed by atoms with Crippen molar-refractivity contribution in [1.82, 2.24) is 14.5 Å². The van der Waals surface area contributed by atoms with Gasteiger partial charge in [0, 0.05) is 13.1 Å². The Morgan fingerprint density at radius 1 is 1.04 bits per heavy atom. The fraction of sp³-hybridized carbons (Fsp3) is 0.938. The van der Waals surface area contributed by atoms with E-state index in [4.69, 9.17) is 0 Å². The topological polar surface area (TPSA) is 69.7 Å². The van der Waals surface area contributed by atoms with E-state index in [1.54, 1.807) is 0 Å². The molecule has 2 saturated heterocycles. The van der Waals surface area contributed by atoms with Gasteiger partial charge in [-0.15, -0.1) is 0 Å². The third-order valence-electron chi connectivity index (χ3n) is 4.83. The lowest BCUT2D eigenvalue weighted by molar-refractivity contribution is -0.125. The molecule has 134 valence electrons. The van der Waals surface area contributed by atoms with Crippen molar-refractivity contribution in [2.75, 3.05) is 39.0 Å². The summed E-state index contributed by atoms with van der Waals surface area (Å²) in [6, 6.07) is -0.517. The highest BCUT2D eigenvalue weighted by atomic mass is 32.2. The number of nitrogens with zero attached hydrogens (tertiary/aromatic N) is 2. The van der Waals surface area contributed by atoms with Crippen LogP contribution in [0.5, 0.6) is 0 Å². The maximum atomic E-state index is 12.3. The standard InChI is InChI=1S/C16H31N3O3S/c1-23(21,22)19-14-7-4-9-15(19)16(20)17-10-8-13-18-11-5-2-3-6-12-18/h15H,2-14H2,1H3,(H,17,20). The Labute approximate surface area is 140 Å². The molecule has 1 N–H and O–H groups in total. The van der Waals surface area contributed by atoms with Gasteiger partial charge in [-0.25, -0.2) is 8.42 Å². The summed E-state index contributed by atoms with van der Waals surface area (Å²) in [4.78, 5) is 14.8. The highest BCUT2D eigenvalue weighted by Crippen LogP contribution is 2.20. The normalized spacial score (nSPS) is 25.0. The van der Waals surface area contributed by atoms with E-state index in [0.717, 1.165) is 25.8 Å². The van der Waals surface area contributed by atoms with E-state index in [0.29, 0.717) is 19.5 Å². The Morgan fingerprint density at radius 3 is 2.35 bits per heavy atom. The smallest absolute Gasteiger partial charge is 0.238 e. The van der Waals surface area contributed by atoms with Crippen molar-refractivity contribution in [3.8, 4) is 0 Å². The fourth-order valence-electron chi connectivity index (χ4n) is 3.56. The Balaban J connectivity index is 1.72. The summed E-state index contributed by atoms with van der Waals surface area (Å²) in [7, 11) is -3.31. The lowest BCUT2D eigenvalue weighted by Gasteiger charge is -2.32. The number of carbonyl (C=O) groups excluding carboxylic acids is 1. The number of amides is 1. The third kappa shape index (κ3) is 6.04. The first-order valence-electron chi connectivity index (χ1n) is 8.95. The summed E-state index contributed by atoms with van der Waals surface area (Å²) in [5.41, 5.74) is 0. The van der Waals surface area contributed by atoms with Crippen LogP contribution in [0, 0.1) is 0 Å². The van der Waals surface area contributed by atoms with E-state index in [1.807, 2.05) is 0 Å². The van der Waals surface area contributed by atoms with Crippen LogP contribution in [0.25, 0.3) is 0 Å². The molecule has 1 atom stereocenters. The van der Waals surface area contributed by atoms with E-state index < -0.39 is 16.1 Å². The van der Waals surface area contributed by atoms with Crippen LogP contribution in [0.1, 0.15) is 51.4 Å². The Hall–Kier alpha value is -0.660. The van der Waals surface area contributed by atoms with Crippen molar-refractivity contribution in [3.63, 3.8) is 0 Å². The second-order valence-corrected chi connectivity index (χ2v) is 8.72. The molecule has 7 heteroatoms. The molecule has 0 aromatic heterocycles. The van der Waals surface area contributed by atoms with Gasteiger partial charge < -0.3 is 10.2 Å². The van der Waals surface area contributed by atoms with E-state index >= 15 is 0 Å². The molecular formula is C16H31N3O3S. The zero-order chi connectivity index (χ0) is 16.7. The number of hydrogen-bond acceptors (Lipinski definition) is 4. The maximum absolute atomic E-state index is 12.3. The third-order valence-corrected chi connectivity index (χ3v) is 6.12. The van der Waals surface area contributed by atoms with E-state index in [2.05, 4.69) is 10.2 Å². The van der Waals surface area contributed by atoms with Crippen LogP contribution in [-0.4, -0.2) is 68.6 Å². The van der Waals surface area contributed by atoms with Crippen molar-refractivity contribution in [2.45, 2.75) is 57.4 Å². The monoisotopic (exact) mass is 345 g/mol. The highest BCUT2D eigenvalue weighted by molar-refractivity contribution is 7.88. The summed E-state index contributed by atoms with van der Waals surface area (Å²) in [6.07, 6.45) is 9.71. The number of likely N-dealkylation sites (tertiary alicyclic amines) is 1. The number of piperidine rings is 1. The molecule has 23 heavy (non-hydrogen) atoms. The molecule has 2 rings (SSSR count). The van der Waals surface area contributed by atoms with Crippen LogP contribution in [-0.2, 0) is 14.8 Å². The lowest BCUT2D eigenvalue weighted by atomic mass is 10.0. The molecule has 0 aromatic carbocycles. The van der Waals surface area contributed by atoms with Gasteiger partial charge in [-0.3, -0.25) is 4.79 Å². The van der Waals surface area contributed by atoms with Crippen LogP contribution >= 0.6 is 0 Å². The van der Waals surface area contributed by atoms with Crippen molar-refractivity contribution in [2.24, 2.45) is 0 Å². The summed E-state index contributed by atoms with van der Waals surface area (Å²) in [5, 5.41) is 2.94. The van der Waals surface area contributed by atoms with E-state index in [-0.39, 0.29) is 5.91 Å². The van der Waals surface area contributed by atoms with Crippen molar-refractivity contribution < 1.29 is 13.2 Å². The zero-order valence-electron chi connectivity index (χ0n) is 14.3. The Bertz CT molecular complexity index is 473. The lowest BCUT2D eigenvalue weighted by Crippen LogP contribution is -2.51. The molecule has 2 aliphatic rings. The molecule has 2 aliphatic heterocycles. The van der Waals surface area contributed by atoms with Crippen LogP contribution < -0.4 is 5.32 Å². The molecule has 2 fully saturated rings. The van der Waals surface area contributed by atoms with Crippen molar-refractivity contribution >= 4 is 15.9 Å². The molecule has 6 nitrogen and oxygen atoms in total. The van der Waals surface area contributed by atoms with Crippen LogP contribution in [0.3, 0.4) is 0 Å². The van der Waals surface area contributed by atoms with Crippen LogP contribution in [0.15, 0.2) is 0 Å². The van der Waals surface area contributed by atoms with Crippen molar-refractivity contribution in [3.05, 3.63) is 0 Å². The average Bonchev–Trinajstić information content (AvgIpc) is 2.79. The van der Waals surface area contributed by atoms with Crippen LogP contribution in [0.2, 0.25) is 0 Å². The number of rotatable bonds is 6. The minimum atomic E-state index is -3.31. The maximum Gasteiger partial charge on any atom is 0.238 e. The second kappa shape index (κ2) is 8.99. The van der Waals surface area contributed by atoms with Crippen LogP contribution in [0.4, 0.5) is 0 Å². The van der Waals surface area contributed by atoms with Gasteiger partial charge in [0.15, 0.2) is 0 Å². The molecule has 0 radical (unpaired) electrons. The van der Waals surface area contributed by atoms with Gasteiger partial charge in [0.1, 0.15) is 6.04 Å². The second-order valence-electron chi connectivity index (χ2n) is 6.79. The molecule has 0 saturated carbocycles. The molecule has 0 aromatic rings. The first-order valence-corrected chi connectivity index (χ1v) is 10.8. The quantitative estimate of drug-likeness (QED) is 0.734. The zero-order valence-corrected chi connectivity index (χ0v) is 15.1. The first kappa shape index (κ1) is 18.7. The minimum absolute atomic E-state index is 0.133. The molecule has 0 spiro atoms. The Kier molecular flexibility index (Phi) is 7.30. The molecule has 1 unspecified atom stereocenters. The summed E-state index contributed by atoms with van der Waals surface area (Å²) < 4.78 is 25.0. The molecule has 1 amide bonds. The highest BCUT2D eigenvalue weighted by Gasteiger charge is 2.34. The minimum Gasteiger partial charge on any atom is -0.355 e. The summed E-state index contributed by atoms with van der Waals surface area (Å²) in [5.74, 6) is -0.133. The van der Waals surface area contributed by atoms with Gasteiger partial charge in [0.05, 0.1) is 6.26 Å². The molecule has 0 bridgehead atoms. The van der Waals surface area contributed by atoms with Gasteiger partial charge in [-0.1, -0.05) is 19.3 Å². The van der Waals surface area contributed by atoms with Gasteiger partial charge in [-0.05, 0) is 51.7 Å². The first-order chi connectivity index (χ1) is 11.0. The molecule has 2 heterocycles. The summed E-state index contributed by atoms with van der Waals surface area (Å²) >= 11 is 0. The number of carbonyl (C=O) groups is 1. The summed E-state index contributed by atoms with van der Waals surface area (Å²) in [6.45, 7) is 4.44. The van der Waals surface area contributed by atoms with Gasteiger partial charge in [0.25, 0.3) is 0 Å².